The maximum atomic E-state index is 12.5. The number of benzene rings is 2. The Hall–Kier alpha value is -2.53. The lowest BCUT2D eigenvalue weighted by Gasteiger charge is -2.27. The van der Waals surface area contributed by atoms with Gasteiger partial charge in [0.15, 0.2) is 5.78 Å². The molecule has 0 saturated carbocycles. The van der Waals surface area contributed by atoms with Crippen LogP contribution in [0.4, 0.5) is 0 Å². The molecule has 1 heterocycles. The van der Waals surface area contributed by atoms with E-state index < -0.39 is 0 Å². The Balaban J connectivity index is 1.62. The van der Waals surface area contributed by atoms with Crippen LogP contribution < -0.4 is 14.8 Å². The van der Waals surface area contributed by atoms with Crippen molar-refractivity contribution in [3.8, 4) is 11.5 Å². The minimum atomic E-state index is -0.173. The van der Waals surface area contributed by atoms with E-state index >= 15 is 0 Å². The van der Waals surface area contributed by atoms with E-state index in [9.17, 15) is 9.59 Å². The minimum absolute atomic E-state index is 0.110. The van der Waals surface area contributed by atoms with Crippen molar-refractivity contribution in [1.29, 1.82) is 0 Å². The third-order valence-electron chi connectivity index (χ3n) is 4.58. The summed E-state index contributed by atoms with van der Waals surface area (Å²) < 4.78 is 10.9. The van der Waals surface area contributed by atoms with Gasteiger partial charge in [-0.25, -0.2) is 0 Å². The molecule has 5 nitrogen and oxygen atoms in total. The van der Waals surface area contributed by atoms with Gasteiger partial charge in [-0.15, -0.1) is 0 Å². The molecule has 27 heavy (non-hydrogen) atoms. The molecule has 0 aliphatic carbocycles. The summed E-state index contributed by atoms with van der Waals surface area (Å²) in [6.45, 7) is 2.44. The molecule has 1 aliphatic heterocycles. The van der Waals surface area contributed by atoms with Crippen molar-refractivity contribution in [3.05, 3.63) is 58.1 Å². The zero-order chi connectivity index (χ0) is 19.4. The molecule has 0 bridgehead atoms. The number of nitrogens with one attached hydrogen (secondary N) is 1. The standard InChI is InChI=1S/C21H22ClNO4/c1-13-3-6-19(26-2)16(11-13)18(24)5-8-21(25)23-17-9-10-27-20-7-4-14(22)12-15(17)20/h3-4,6-7,11-12,17H,5,8-10H2,1-2H3,(H,23,25). The van der Waals surface area contributed by atoms with Gasteiger partial charge in [0, 0.05) is 29.8 Å². The fraction of sp³-hybridized carbons (Fsp3) is 0.333. The zero-order valence-corrected chi connectivity index (χ0v) is 16.1. The number of ether oxygens (including phenoxy) is 2. The fourth-order valence-corrected chi connectivity index (χ4v) is 3.36. The van der Waals surface area contributed by atoms with Gasteiger partial charge in [-0.1, -0.05) is 23.2 Å². The molecule has 1 atom stereocenters. The molecule has 1 amide bonds. The lowest BCUT2D eigenvalue weighted by Crippen LogP contribution is -2.32. The maximum absolute atomic E-state index is 12.5. The van der Waals surface area contributed by atoms with Crippen LogP contribution in [0, 0.1) is 6.92 Å². The molecule has 1 unspecified atom stereocenters. The van der Waals surface area contributed by atoms with E-state index in [0.717, 1.165) is 16.9 Å². The summed E-state index contributed by atoms with van der Waals surface area (Å²) in [5.41, 5.74) is 2.35. The summed E-state index contributed by atoms with van der Waals surface area (Å²) >= 11 is 6.07. The van der Waals surface area contributed by atoms with E-state index in [1.54, 1.807) is 18.2 Å². The second-order valence-corrected chi connectivity index (χ2v) is 7.00. The van der Waals surface area contributed by atoms with Gasteiger partial charge in [0.25, 0.3) is 0 Å². The average Bonchev–Trinajstić information content (AvgIpc) is 2.66. The van der Waals surface area contributed by atoms with Crippen LogP contribution in [0.3, 0.4) is 0 Å². The maximum Gasteiger partial charge on any atom is 0.220 e. The van der Waals surface area contributed by atoms with Crippen LogP contribution >= 0.6 is 11.6 Å². The predicted octanol–water partition coefficient (Wildman–Crippen LogP) is 4.26. The second kappa shape index (κ2) is 8.44. The summed E-state index contributed by atoms with van der Waals surface area (Å²) in [4.78, 5) is 24.9. The van der Waals surface area contributed by atoms with E-state index in [4.69, 9.17) is 21.1 Å². The molecule has 0 radical (unpaired) electrons. The number of ketones is 1. The molecule has 0 aromatic heterocycles. The van der Waals surface area contributed by atoms with E-state index in [-0.39, 0.29) is 30.6 Å². The van der Waals surface area contributed by atoms with Crippen LogP contribution in [-0.2, 0) is 4.79 Å². The van der Waals surface area contributed by atoms with Crippen molar-refractivity contribution in [2.24, 2.45) is 0 Å². The first kappa shape index (κ1) is 19.2. The van der Waals surface area contributed by atoms with E-state index in [1.807, 2.05) is 25.1 Å². The van der Waals surface area contributed by atoms with Gasteiger partial charge < -0.3 is 14.8 Å². The topological polar surface area (TPSA) is 64.6 Å². The number of amides is 1. The lowest BCUT2D eigenvalue weighted by molar-refractivity contribution is -0.122. The number of hydrogen-bond donors (Lipinski definition) is 1. The summed E-state index contributed by atoms with van der Waals surface area (Å²) in [7, 11) is 1.53. The first-order valence-corrected chi connectivity index (χ1v) is 9.25. The number of carbonyl (C=O) groups excluding carboxylic acids is 2. The molecular formula is C21H22ClNO4. The minimum Gasteiger partial charge on any atom is -0.496 e. The van der Waals surface area contributed by atoms with Crippen LogP contribution in [-0.4, -0.2) is 25.4 Å². The van der Waals surface area contributed by atoms with Crippen LogP contribution in [0.5, 0.6) is 11.5 Å². The van der Waals surface area contributed by atoms with Gasteiger partial charge in [0.05, 0.1) is 25.3 Å². The number of carbonyl (C=O) groups is 2. The van der Waals surface area contributed by atoms with Crippen LogP contribution in [0.1, 0.15) is 46.8 Å². The molecule has 2 aromatic rings. The molecule has 3 rings (SSSR count). The largest absolute Gasteiger partial charge is 0.496 e. The normalized spacial score (nSPS) is 15.4. The third-order valence-corrected chi connectivity index (χ3v) is 4.82. The number of fused-ring (bicyclic) bond motifs is 1. The number of aryl methyl sites for hydroxylation is 1. The average molecular weight is 388 g/mol. The summed E-state index contributed by atoms with van der Waals surface area (Å²) in [6, 6.07) is 10.7. The van der Waals surface area contributed by atoms with Gasteiger partial charge in [-0.05, 0) is 37.3 Å². The van der Waals surface area contributed by atoms with Gasteiger partial charge >= 0.3 is 0 Å². The molecule has 142 valence electrons. The highest BCUT2D eigenvalue weighted by atomic mass is 35.5. The first-order chi connectivity index (χ1) is 13.0. The summed E-state index contributed by atoms with van der Waals surface area (Å²) in [5, 5.41) is 3.59. The van der Waals surface area contributed by atoms with Gasteiger partial charge in [0.1, 0.15) is 11.5 Å². The Kier molecular flexibility index (Phi) is 6.01. The Morgan fingerprint density at radius 3 is 2.81 bits per heavy atom. The lowest BCUT2D eigenvalue weighted by atomic mass is 9.99. The van der Waals surface area contributed by atoms with Crippen molar-refractivity contribution in [1.82, 2.24) is 5.32 Å². The highest BCUT2D eigenvalue weighted by molar-refractivity contribution is 6.30. The Labute approximate surface area is 163 Å². The van der Waals surface area contributed by atoms with Crippen LogP contribution in [0.25, 0.3) is 0 Å². The molecule has 0 fully saturated rings. The van der Waals surface area contributed by atoms with Crippen molar-refractivity contribution < 1.29 is 19.1 Å². The van der Waals surface area contributed by atoms with Crippen molar-refractivity contribution in [2.75, 3.05) is 13.7 Å². The van der Waals surface area contributed by atoms with Gasteiger partial charge in [0.2, 0.25) is 5.91 Å². The molecule has 0 saturated heterocycles. The Morgan fingerprint density at radius 2 is 2.04 bits per heavy atom. The van der Waals surface area contributed by atoms with Crippen molar-refractivity contribution in [2.45, 2.75) is 32.2 Å². The molecular weight excluding hydrogens is 366 g/mol. The highest BCUT2D eigenvalue weighted by Crippen LogP contribution is 2.34. The number of halogens is 1. The van der Waals surface area contributed by atoms with Gasteiger partial charge in [-0.3, -0.25) is 9.59 Å². The smallest absolute Gasteiger partial charge is 0.220 e. The monoisotopic (exact) mass is 387 g/mol. The molecule has 1 N–H and O–H groups in total. The molecule has 6 heteroatoms. The van der Waals surface area contributed by atoms with Crippen molar-refractivity contribution in [3.63, 3.8) is 0 Å². The Bertz CT molecular complexity index is 865. The highest BCUT2D eigenvalue weighted by Gasteiger charge is 2.24. The van der Waals surface area contributed by atoms with Gasteiger partial charge in [-0.2, -0.15) is 0 Å². The summed E-state index contributed by atoms with van der Waals surface area (Å²) in [6.07, 6.45) is 0.902. The number of hydrogen-bond acceptors (Lipinski definition) is 4. The van der Waals surface area contributed by atoms with Crippen LogP contribution in [0.2, 0.25) is 5.02 Å². The Morgan fingerprint density at radius 1 is 1.22 bits per heavy atom. The summed E-state index contributed by atoms with van der Waals surface area (Å²) in [5.74, 6) is 0.976. The SMILES string of the molecule is COc1ccc(C)cc1C(=O)CCC(=O)NC1CCOc2ccc(Cl)cc21. The quantitative estimate of drug-likeness (QED) is 0.752. The number of Topliss-reactive ketones (excluding diaryl/α,β-unsaturated/α-hetero) is 1. The second-order valence-electron chi connectivity index (χ2n) is 6.57. The van der Waals surface area contributed by atoms with Crippen LogP contribution in [0.15, 0.2) is 36.4 Å². The number of rotatable bonds is 6. The van der Waals surface area contributed by atoms with E-state index in [0.29, 0.717) is 29.4 Å². The molecule has 2 aromatic carbocycles. The number of methoxy groups -OCH3 is 1. The zero-order valence-electron chi connectivity index (χ0n) is 15.4. The predicted molar refractivity (Wildman–Crippen MR) is 104 cm³/mol. The van der Waals surface area contributed by atoms with E-state index in [1.165, 1.54) is 7.11 Å². The third kappa shape index (κ3) is 4.61. The molecule has 0 spiro atoms. The van der Waals surface area contributed by atoms with E-state index in [2.05, 4.69) is 5.32 Å². The first-order valence-electron chi connectivity index (χ1n) is 8.87. The fourth-order valence-electron chi connectivity index (χ4n) is 3.18. The molecule has 1 aliphatic rings. The van der Waals surface area contributed by atoms with Crippen molar-refractivity contribution >= 4 is 23.3 Å².